The third-order valence-electron chi connectivity index (χ3n) is 5.16. The first kappa shape index (κ1) is 25.8. The number of nitrogens with zero attached hydrogens (tertiary/aromatic N) is 3. The molecule has 6 nitrogen and oxygen atoms in total. The number of aromatic amines is 1. The van der Waals surface area contributed by atoms with Gasteiger partial charge in [-0.25, -0.2) is 0 Å². The van der Waals surface area contributed by atoms with E-state index in [1.807, 2.05) is 12.1 Å². The van der Waals surface area contributed by atoms with Crippen LogP contribution in [0.4, 0.5) is 0 Å². The molecule has 0 spiro atoms. The maximum Gasteiger partial charge on any atom is 0.304 e. The van der Waals surface area contributed by atoms with E-state index in [1.165, 1.54) is 44.9 Å². The highest BCUT2D eigenvalue weighted by Gasteiger charge is 2.10. The van der Waals surface area contributed by atoms with E-state index in [9.17, 15) is 4.79 Å². The zero-order chi connectivity index (χ0) is 22.9. The molecule has 0 saturated heterocycles. The number of carboxylic acids is 1. The molecule has 2 aromatic rings. The van der Waals surface area contributed by atoms with Gasteiger partial charge in [0.15, 0.2) is 0 Å². The van der Waals surface area contributed by atoms with Crippen molar-refractivity contribution in [3.05, 3.63) is 54.1 Å². The van der Waals surface area contributed by atoms with Crippen molar-refractivity contribution in [3.63, 3.8) is 0 Å². The lowest BCUT2D eigenvalue weighted by Gasteiger charge is -2.12. The Balaban J connectivity index is 1.83. The van der Waals surface area contributed by atoms with Crippen LogP contribution in [0.25, 0.3) is 11.4 Å². The number of thioether (sulfide) groups is 1. The monoisotopic (exact) mass is 456 g/mol. The minimum atomic E-state index is -0.756. The topological polar surface area (TPSA) is 91.8 Å². The number of carboxylic acid groups (broad SMARTS) is 1. The smallest absolute Gasteiger partial charge is 0.304 e. The Bertz CT molecular complexity index is 821. The van der Waals surface area contributed by atoms with Crippen molar-refractivity contribution in [1.82, 2.24) is 20.6 Å². The Hall–Kier alpha value is -2.41. The number of unbranched alkanes of at least 4 members (excludes halogenated alkanes) is 7. The second-order valence-corrected chi connectivity index (χ2v) is 9.26. The van der Waals surface area contributed by atoms with Crippen molar-refractivity contribution in [1.29, 1.82) is 0 Å². The summed E-state index contributed by atoms with van der Waals surface area (Å²) < 4.78 is 0. The molecule has 0 amide bonds. The van der Waals surface area contributed by atoms with E-state index in [4.69, 9.17) is 5.11 Å². The molecule has 0 fully saturated rings. The summed E-state index contributed by atoms with van der Waals surface area (Å²) in [6.07, 6.45) is 20.0. The quantitative estimate of drug-likeness (QED) is 0.216. The highest BCUT2D eigenvalue weighted by molar-refractivity contribution is 8.00. The molecule has 174 valence electrons. The van der Waals surface area contributed by atoms with Crippen LogP contribution in [0.5, 0.6) is 0 Å². The lowest BCUT2D eigenvalue weighted by Crippen LogP contribution is -2.07. The van der Waals surface area contributed by atoms with Gasteiger partial charge in [0.05, 0.1) is 6.42 Å². The van der Waals surface area contributed by atoms with Crippen molar-refractivity contribution < 1.29 is 9.90 Å². The van der Waals surface area contributed by atoms with Crippen LogP contribution in [0.1, 0.15) is 70.3 Å². The summed E-state index contributed by atoms with van der Waals surface area (Å²) in [6, 6.07) is 8.10. The first-order chi connectivity index (χ1) is 15.7. The number of carbonyl (C=O) groups is 1. The maximum atomic E-state index is 10.9. The van der Waals surface area contributed by atoms with E-state index in [0.717, 1.165) is 24.0 Å². The number of hydrogen-bond acceptors (Lipinski definition) is 5. The molecule has 1 heterocycles. The van der Waals surface area contributed by atoms with Crippen LogP contribution < -0.4 is 0 Å². The molecule has 0 radical (unpaired) electrons. The van der Waals surface area contributed by atoms with E-state index < -0.39 is 5.97 Å². The third kappa shape index (κ3) is 11.3. The highest BCUT2D eigenvalue weighted by atomic mass is 32.2. The maximum absolute atomic E-state index is 10.9. The van der Waals surface area contributed by atoms with Crippen LogP contribution in [0.15, 0.2) is 48.6 Å². The average Bonchev–Trinajstić information content (AvgIpc) is 3.32. The summed E-state index contributed by atoms with van der Waals surface area (Å²) in [5, 5.41) is 23.4. The molecule has 2 rings (SSSR count). The molecule has 7 heteroatoms. The molecular weight excluding hydrogens is 420 g/mol. The Morgan fingerprint density at radius 2 is 1.97 bits per heavy atom. The van der Waals surface area contributed by atoms with Crippen LogP contribution >= 0.6 is 11.8 Å². The van der Waals surface area contributed by atoms with E-state index in [2.05, 4.69) is 64.0 Å². The van der Waals surface area contributed by atoms with Gasteiger partial charge in [-0.3, -0.25) is 4.79 Å². The van der Waals surface area contributed by atoms with E-state index >= 15 is 0 Å². The molecule has 2 N–H and O–H groups in total. The van der Waals surface area contributed by atoms with Crippen LogP contribution in [-0.4, -0.2) is 42.7 Å². The fraction of sp³-hybridized carbons (Fsp3) is 0.520. The molecule has 0 aliphatic carbocycles. The van der Waals surface area contributed by atoms with Gasteiger partial charge in [0.1, 0.15) is 0 Å². The number of benzene rings is 1. The van der Waals surface area contributed by atoms with Crippen LogP contribution in [0.3, 0.4) is 0 Å². The standard InChI is InChI=1S/C25H36N4O2S/c1-2-3-4-5-6-7-8-9-10-11-12-16-23(32-18-17-24(30)31)20-21-14-13-15-22(19-21)25-26-28-29-27-25/h10-16,19,23H,2-9,17-18,20H2,1H3,(H,30,31)(H,26,27,28,29). The molecular formula is C25H36N4O2S. The van der Waals surface area contributed by atoms with Crippen LogP contribution in [0, 0.1) is 0 Å². The summed E-state index contributed by atoms with van der Waals surface area (Å²) in [5.74, 6) is 0.413. The van der Waals surface area contributed by atoms with Gasteiger partial charge in [-0.15, -0.1) is 10.2 Å². The zero-order valence-electron chi connectivity index (χ0n) is 19.1. The summed E-state index contributed by atoms with van der Waals surface area (Å²) in [5.41, 5.74) is 2.08. The summed E-state index contributed by atoms with van der Waals surface area (Å²) in [4.78, 5) is 10.9. The van der Waals surface area contributed by atoms with E-state index in [1.54, 1.807) is 11.8 Å². The van der Waals surface area contributed by atoms with Gasteiger partial charge in [0, 0.05) is 16.6 Å². The van der Waals surface area contributed by atoms with Gasteiger partial charge >= 0.3 is 5.97 Å². The van der Waals surface area contributed by atoms with Crippen molar-refractivity contribution >= 4 is 17.7 Å². The minimum Gasteiger partial charge on any atom is -0.481 e. The third-order valence-corrected chi connectivity index (χ3v) is 6.35. The lowest BCUT2D eigenvalue weighted by atomic mass is 10.1. The predicted octanol–water partition coefficient (Wildman–Crippen LogP) is 6.24. The van der Waals surface area contributed by atoms with Crippen molar-refractivity contribution in [2.75, 3.05) is 5.75 Å². The van der Waals surface area contributed by atoms with Gasteiger partial charge < -0.3 is 5.11 Å². The van der Waals surface area contributed by atoms with Gasteiger partial charge in [-0.1, -0.05) is 88.0 Å². The van der Waals surface area contributed by atoms with Crippen molar-refractivity contribution in [3.8, 4) is 11.4 Å². The summed E-state index contributed by atoms with van der Waals surface area (Å²) in [6.45, 7) is 2.25. The Morgan fingerprint density at radius 1 is 1.16 bits per heavy atom. The first-order valence-electron chi connectivity index (χ1n) is 11.7. The van der Waals surface area contributed by atoms with Crippen molar-refractivity contribution in [2.45, 2.75) is 76.4 Å². The fourth-order valence-electron chi connectivity index (χ4n) is 3.42. The number of nitrogens with one attached hydrogen (secondary N) is 1. The molecule has 1 unspecified atom stereocenters. The Kier molecular flexibility index (Phi) is 13.1. The Labute approximate surface area is 196 Å². The molecule has 1 aromatic carbocycles. The zero-order valence-corrected chi connectivity index (χ0v) is 19.9. The minimum absolute atomic E-state index is 0.173. The number of aliphatic carboxylic acids is 1. The molecule has 0 aliphatic rings. The second kappa shape index (κ2) is 16.3. The molecule has 1 atom stereocenters. The van der Waals surface area contributed by atoms with Gasteiger partial charge in [-0.2, -0.15) is 17.0 Å². The second-order valence-electron chi connectivity index (χ2n) is 7.92. The first-order valence-corrected chi connectivity index (χ1v) is 12.7. The molecule has 0 bridgehead atoms. The average molecular weight is 457 g/mol. The summed E-state index contributed by atoms with van der Waals surface area (Å²) >= 11 is 1.68. The fourth-order valence-corrected chi connectivity index (χ4v) is 4.52. The molecule has 0 aliphatic heterocycles. The number of rotatable bonds is 17. The normalized spacial score (nSPS) is 12.7. The highest BCUT2D eigenvalue weighted by Crippen LogP contribution is 2.22. The number of allylic oxidation sites excluding steroid dienone is 3. The number of H-pyrrole nitrogens is 1. The SMILES string of the molecule is CCCCCCCCCC=CC=CC(Cc1cccc(-c2nn[nH]n2)c1)SCCC(=O)O. The molecule has 32 heavy (non-hydrogen) atoms. The van der Waals surface area contributed by atoms with Gasteiger partial charge in [-0.05, 0) is 36.1 Å². The number of hydrogen-bond donors (Lipinski definition) is 2. The summed E-state index contributed by atoms with van der Waals surface area (Å²) in [7, 11) is 0. The Morgan fingerprint density at radius 3 is 2.72 bits per heavy atom. The number of aromatic nitrogens is 4. The molecule has 0 saturated carbocycles. The number of tetrazole rings is 1. The van der Waals surface area contributed by atoms with Crippen LogP contribution in [0.2, 0.25) is 0 Å². The van der Waals surface area contributed by atoms with Gasteiger partial charge in [0.2, 0.25) is 5.82 Å². The van der Waals surface area contributed by atoms with E-state index in [-0.39, 0.29) is 11.7 Å². The van der Waals surface area contributed by atoms with Crippen LogP contribution in [-0.2, 0) is 11.2 Å². The lowest BCUT2D eigenvalue weighted by molar-refractivity contribution is -0.136. The van der Waals surface area contributed by atoms with Crippen molar-refractivity contribution in [2.24, 2.45) is 0 Å². The predicted molar refractivity (Wildman–Crippen MR) is 133 cm³/mol. The van der Waals surface area contributed by atoms with E-state index in [0.29, 0.717) is 11.6 Å². The largest absolute Gasteiger partial charge is 0.481 e. The molecule has 1 aromatic heterocycles. The van der Waals surface area contributed by atoms with Gasteiger partial charge in [0.25, 0.3) is 0 Å².